The van der Waals surface area contributed by atoms with Gasteiger partial charge in [0.05, 0.1) is 12.5 Å². The zero-order valence-electron chi connectivity index (χ0n) is 16.6. The summed E-state index contributed by atoms with van der Waals surface area (Å²) in [4.78, 5) is 16.2. The summed E-state index contributed by atoms with van der Waals surface area (Å²) >= 11 is 1.72. The highest BCUT2D eigenvalue weighted by Crippen LogP contribution is 2.38. The van der Waals surface area contributed by atoms with Crippen LogP contribution in [0.15, 0.2) is 66.0 Å². The number of primary amides is 1. The van der Waals surface area contributed by atoms with Gasteiger partial charge in [-0.25, -0.2) is 0 Å². The molecule has 150 valence electrons. The Kier molecular flexibility index (Phi) is 5.69. The number of amides is 1. The highest BCUT2D eigenvalue weighted by Gasteiger charge is 2.43. The highest BCUT2D eigenvalue weighted by molar-refractivity contribution is 7.13. The fourth-order valence-corrected chi connectivity index (χ4v) is 5.01. The van der Waals surface area contributed by atoms with Gasteiger partial charge in [0.25, 0.3) is 0 Å². The van der Waals surface area contributed by atoms with E-state index in [1.54, 1.807) is 18.4 Å². The molecule has 4 rings (SSSR count). The normalized spacial score (nSPS) is 19.3. The number of hydrogen-bond donors (Lipinski definition) is 1. The molecule has 1 saturated heterocycles. The molecule has 2 heterocycles. The van der Waals surface area contributed by atoms with Crippen LogP contribution < -0.4 is 10.5 Å². The van der Waals surface area contributed by atoms with Crippen molar-refractivity contribution >= 4 is 17.2 Å². The van der Waals surface area contributed by atoms with E-state index in [4.69, 9.17) is 10.5 Å². The summed E-state index contributed by atoms with van der Waals surface area (Å²) in [6, 6.07) is 20.7. The summed E-state index contributed by atoms with van der Waals surface area (Å²) in [6.45, 7) is 2.37. The molecule has 1 atom stereocenters. The van der Waals surface area contributed by atoms with E-state index >= 15 is 0 Å². The molecule has 0 radical (unpaired) electrons. The molecule has 1 unspecified atom stereocenters. The molecular formula is C24H26N2O2S. The quantitative estimate of drug-likeness (QED) is 0.635. The van der Waals surface area contributed by atoms with Gasteiger partial charge in [-0.1, -0.05) is 42.5 Å². The SMILES string of the molecule is COc1ccc(CN2CCC(Cc3ccccc3-c3cccs3)(C(N)=O)C2)cc1. The van der Waals surface area contributed by atoms with Crippen LogP contribution >= 0.6 is 11.3 Å². The Labute approximate surface area is 175 Å². The first-order valence-corrected chi connectivity index (χ1v) is 10.7. The van der Waals surface area contributed by atoms with Gasteiger partial charge in [0, 0.05) is 18.0 Å². The minimum Gasteiger partial charge on any atom is -0.497 e. The number of methoxy groups -OCH3 is 1. The first kappa shape index (κ1) is 19.7. The topological polar surface area (TPSA) is 55.6 Å². The van der Waals surface area contributed by atoms with Crippen LogP contribution in [0.2, 0.25) is 0 Å². The maximum Gasteiger partial charge on any atom is 0.225 e. The van der Waals surface area contributed by atoms with Crippen molar-refractivity contribution in [2.75, 3.05) is 20.2 Å². The summed E-state index contributed by atoms with van der Waals surface area (Å²) in [5.41, 5.74) is 9.05. The molecule has 3 aromatic rings. The second-order valence-electron chi connectivity index (χ2n) is 7.76. The third-order valence-corrected chi connectivity index (χ3v) is 6.76. The molecule has 2 N–H and O–H groups in total. The van der Waals surface area contributed by atoms with E-state index < -0.39 is 5.41 Å². The van der Waals surface area contributed by atoms with Crippen LogP contribution in [0.25, 0.3) is 10.4 Å². The smallest absolute Gasteiger partial charge is 0.225 e. The van der Waals surface area contributed by atoms with Crippen LogP contribution in [-0.2, 0) is 17.8 Å². The number of rotatable bonds is 7. The van der Waals surface area contributed by atoms with Crippen molar-refractivity contribution < 1.29 is 9.53 Å². The number of nitrogens with two attached hydrogens (primary N) is 1. The minimum atomic E-state index is -0.528. The third-order valence-electron chi connectivity index (χ3n) is 5.85. The summed E-state index contributed by atoms with van der Waals surface area (Å²) in [7, 11) is 1.67. The van der Waals surface area contributed by atoms with Crippen LogP contribution in [0.3, 0.4) is 0 Å². The van der Waals surface area contributed by atoms with Gasteiger partial charge in [0.2, 0.25) is 5.91 Å². The fourth-order valence-electron chi connectivity index (χ4n) is 4.23. The molecule has 1 amide bonds. The Hall–Kier alpha value is -2.63. The Balaban J connectivity index is 1.53. The average Bonchev–Trinajstić information content (AvgIpc) is 3.40. The second-order valence-corrected chi connectivity index (χ2v) is 8.71. The van der Waals surface area contributed by atoms with Crippen molar-refractivity contribution in [3.8, 4) is 16.2 Å². The first-order chi connectivity index (χ1) is 14.1. The Bertz CT molecular complexity index is 969. The Morgan fingerprint density at radius 3 is 2.62 bits per heavy atom. The molecule has 0 saturated carbocycles. The fraction of sp³-hybridized carbons (Fsp3) is 0.292. The van der Waals surface area contributed by atoms with Crippen LogP contribution in [0.5, 0.6) is 5.75 Å². The molecule has 0 aliphatic carbocycles. The van der Waals surface area contributed by atoms with Gasteiger partial charge in [-0.2, -0.15) is 0 Å². The number of benzene rings is 2. The largest absolute Gasteiger partial charge is 0.497 e. The lowest BCUT2D eigenvalue weighted by atomic mass is 9.79. The van der Waals surface area contributed by atoms with E-state index in [0.717, 1.165) is 25.3 Å². The Morgan fingerprint density at radius 2 is 1.93 bits per heavy atom. The molecule has 1 aromatic heterocycles. The molecule has 1 aliphatic heterocycles. The van der Waals surface area contributed by atoms with Crippen molar-refractivity contribution in [3.63, 3.8) is 0 Å². The standard InChI is InChI=1S/C24H26N2O2S/c1-28-20-10-8-18(9-11-20)16-26-13-12-24(17-26,23(25)27)15-19-5-2-3-6-21(19)22-7-4-14-29-22/h2-11,14H,12-13,15-17H2,1H3,(H2,25,27). The van der Waals surface area contributed by atoms with Crippen molar-refractivity contribution in [2.45, 2.75) is 19.4 Å². The summed E-state index contributed by atoms with van der Waals surface area (Å²) < 4.78 is 5.24. The van der Waals surface area contributed by atoms with E-state index in [-0.39, 0.29) is 5.91 Å². The van der Waals surface area contributed by atoms with Crippen molar-refractivity contribution in [2.24, 2.45) is 11.1 Å². The predicted octanol–water partition coefficient (Wildman–Crippen LogP) is 4.34. The van der Waals surface area contributed by atoms with Crippen molar-refractivity contribution in [1.29, 1.82) is 0 Å². The number of carbonyl (C=O) groups excluding carboxylic acids is 1. The second kappa shape index (κ2) is 8.39. The van der Waals surface area contributed by atoms with Gasteiger partial charge in [-0.05, 0) is 59.7 Å². The van der Waals surface area contributed by atoms with Gasteiger partial charge in [0.1, 0.15) is 5.75 Å². The third kappa shape index (κ3) is 4.21. The minimum absolute atomic E-state index is 0.198. The monoisotopic (exact) mass is 406 g/mol. The van der Waals surface area contributed by atoms with Gasteiger partial charge in [0.15, 0.2) is 0 Å². The van der Waals surface area contributed by atoms with E-state index in [0.29, 0.717) is 13.0 Å². The van der Waals surface area contributed by atoms with E-state index in [1.165, 1.54) is 21.6 Å². The molecule has 0 spiro atoms. The summed E-state index contributed by atoms with van der Waals surface area (Å²) in [6.07, 6.45) is 1.47. The van der Waals surface area contributed by atoms with Gasteiger partial charge in [-0.3, -0.25) is 9.69 Å². The summed E-state index contributed by atoms with van der Waals surface area (Å²) in [5.74, 6) is 0.655. The zero-order chi connectivity index (χ0) is 20.3. The van der Waals surface area contributed by atoms with Gasteiger partial charge in [-0.15, -0.1) is 11.3 Å². The van der Waals surface area contributed by atoms with E-state index in [9.17, 15) is 4.79 Å². The van der Waals surface area contributed by atoms with Gasteiger partial charge >= 0.3 is 0 Å². The van der Waals surface area contributed by atoms with Crippen LogP contribution in [0.1, 0.15) is 17.5 Å². The molecule has 0 bridgehead atoms. The van der Waals surface area contributed by atoms with E-state index in [1.807, 2.05) is 18.2 Å². The lowest BCUT2D eigenvalue weighted by Crippen LogP contribution is -2.41. The lowest BCUT2D eigenvalue weighted by molar-refractivity contribution is -0.127. The van der Waals surface area contributed by atoms with Crippen molar-refractivity contribution in [3.05, 3.63) is 77.2 Å². The van der Waals surface area contributed by atoms with Crippen molar-refractivity contribution in [1.82, 2.24) is 4.90 Å². The zero-order valence-corrected chi connectivity index (χ0v) is 17.5. The van der Waals surface area contributed by atoms with Crippen LogP contribution in [0.4, 0.5) is 0 Å². The molecule has 5 heteroatoms. The number of thiophene rings is 1. The number of ether oxygens (including phenoxy) is 1. The lowest BCUT2D eigenvalue weighted by Gasteiger charge is -2.27. The summed E-state index contributed by atoms with van der Waals surface area (Å²) in [5, 5.41) is 2.09. The average molecular weight is 407 g/mol. The number of hydrogen-bond acceptors (Lipinski definition) is 4. The van der Waals surface area contributed by atoms with Gasteiger partial charge < -0.3 is 10.5 Å². The predicted molar refractivity (Wildman–Crippen MR) is 118 cm³/mol. The Morgan fingerprint density at radius 1 is 1.14 bits per heavy atom. The number of nitrogens with zero attached hydrogens (tertiary/aromatic N) is 1. The number of carbonyl (C=O) groups is 1. The molecule has 4 nitrogen and oxygen atoms in total. The molecule has 1 aliphatic rings. The maximum atomic E-state index is 12.6. The van der Waals surface area contributed by atoms with E-state index in [2.05, 4.69) is 52.7 Å². The number of likely N-dealkylation sites (tertiary alicyclic amines) is 1. The molecule has 29 heavy (non-hydrogen) atoms. The van der Waals surface area contributed by atoms with Crippen LogP contribution in [-0.4, -0.2) is 31.0 Å². The molecular weight excluding hydrogens is 380 g/mol. The van der Waals surface area contributed by atoms with Crippen LogP contribution in [0, 0.1) is 5.41 Å². The highest BCUT2D eigenvalue weighted by atomic mass is 32.1. The maximum absolute atomic E-state index is 12.6. The molecule has 2 aromatic carbocycles. The first-order valence-electron chi connectivity index (χ1n) is 9.87. The molecule has 1 fully saturated rings.